The fraction of sp³-hybridized carbons (Fsp3) is 1.00. The van der Waals surface area contributed by atoms with Crippen LogP contribution in [-0.2, 0) is 11.4 Å². The Morgan fingerprint density at radius 2 is 1.81 bits per heavy atom. The molecule has 1 aliphatic rings. The average Bonchev–Trinajstić information content (AvgIpc) is 2.15. The van der Waals surface area contributed by atoms with Gasteiger partial charge in [-0.3, -0.25) is 0 Å². The van der Waals surface area contributed by atoms with Crippen molar-refractivity contribution in [2.45, 2.75) is 65.0 Å². The summed E-state index contributed by atoms with van der Waals surface area (Å²) in [5, 5.41) is 0. The molecule has 0 aliphatic carbocycles. The van der Waals surface area contributed by atoms with E-state index < -0.39 is 23.4 Å². The van der Waals surface area contributed by atoms with E-state index in [1.165, 1.54) is 0 Å². The van der Waals surface area contributed by atoms with Crippen LogP contribution in [0.25, 0.3) is 0 Å². The molecule has 1 aliphatic heterocycles. The molecule has 16 heavy (non-hydrogen) atoms. The molecule has 0 aromatic carbocycles. The summed E-state index contributed by atoms with van der Waals surface area (Å²) in [6.45, 7) is 8.26. The van der Waals surface area contributed by atoms with E-state index in [1.807, 2.05) is 29.9 Å². The first-order chi connectivity index (χ1) is 7.51. The third-order valence-electron chi connectivity index (χ3n) is 2.21. The monoisotopic (exact) mass is 540 g/mol. The Kier molecular flexibility index (Phi) is 7.57. The van der Waals surface area contributed by atoms with Crippen molar-refractivity contribution in [1.29, 1.82) is 0 Å². The normalized spacial score (nSPS) is 31.3. The maximum absolute atomic E-state index is 5.87. The molecule has 0 N–H and O–H groups in total. The molecule has 4 atom stereocenters. The second-order valence-corrected chi connectivity index (χ2v) is 8.64. The number of hydrogen-bond acceptors (Lipinski definition) is 4. The van der Waals surface area contributed by atoms with E-state index in [0.29, 0.717) is 0 Å². The zero-order valence-electron chi connectivity index (χ0n) is 10.1. The number of rotatable bonds is 5. The van der Waals surface area contributed by atoms with E-state index in [4.69, 9.17) is 11.4 Å². The van der Waals surface area contributed by atoms with Gasteiger partial charge in [0.05, 0.1) is 0 Å². The van der Waals surface area contributed by atoms with Gasteiger partial charge in [0, 0.05) is 0 Å². The van der Waals surface area contributed by atoms with Crippen molar-refractivity contribution in [1.82, 2.24) is 0 Å². The fourth-order valence-corrected chi connectivity index (χ4v) is 6.34. The molecular formula is C10H20IO4Po. The molecule has 0 saturated carbocycles. The molecule has 0 aromatic heterocycles. The van der Waals surface area contributed by atoms with E-state index in [1.54, 1.807) is 0 Å². The summed E-state index contributed by atoms with van der Waals surface area (Å²) < 4.78 is 22.6. The fourth-order valence-electron chi connectivity index (χ4n) is 1.56. The molecule has 0 bridgehead atoms. The predicted molar refractivity (Wildman–Crippen MR) is 71.2 cm³/mol. The van der Waals surface area contributed by atoms with Crippen molar-refractivity contribution in [2.75, 3.05) is 0 Å². The molecule has 97 valence electrons. The molecule has 1 fully saturated rings. The summed E-state index contributed by atoms with van der Waals surface area (Å²) in [6.07, 6.45) is 2.76. The van der Waals surface area contributed by atoms with Crippen molar-refractivity contribution in [3.63, 3.8) is 0 Å². The molecule has 0 spiro atoms. The van der Waals surface area contributed by atoms with Crippen LogP contribution in [0.5, 0.6) is 0 Å². The van der Waals surface area contributed by atoms with Crippen LogP contribution >= 0.6 is 23.0 Å². The van der Waals surface area contributed by atoms with Gasteiger partial charge in [0.2, 0.25) is 0 Å². The Labute approximate surface area is 122 Å². The Morgan fingerprint density at radius 1 is 1.25 bits per heavy atom. The molecule has 1 radical (unpaired) electrons. The predicted octanol–water partition coefficient (Wildman–Crippen LogP) is 2.74. The van der Waals surface area contributed by atoms with Crippen LogP contribution in [-0.4, -0.2) is 47.8 Å². The van der Waals surface area contributed by atoms with Crippen LogP contribution in [0.2, 0.25) is 0 Å². The average molecular weight is 540 g/mol. The van der Waals surface area contributed by atoms with E-state index >= 15 is 0 Å². The summed E-state index contributed by atoms with van der Waals surface area (Å²) in [6, 6.07) is 0. The molecule has 0 aromatic rings. The second-order valence-electron chi connectivity index (χ2n) is 4.30. The molecule has 1 heterocycles. The van der Waals surface area contributed by atoms with Crippen LogP contribution in [0, 0.1) is 0 Å². The number of hydrogen-bond donors (Lipinski definition) is 0. The van der Waals surface area contributed by atoms with Crippen LogP contribution < -0.4 is 0 Å². The third-order valence-corrected chi connectivity index (χ3v) is 8.74. The van der Waals surface area contributed by atoms with Crippen LogP contribution in [0.1, 0.15) is 40.5 Å². The molecule has 4 nitrogen and oxygen atoms in total. The van der Waals surface area contributed by atoms with Crippen molar-refractivity contribution in [3.8, 4) is 0 Å². The summed E-state index contributed by atoms with van der Waals surface area (Å²) in [4.78, 5) is 0. The van der Waals surface area contributed by atoms with Gasteiger partial charge in [-0.05, 0) is 0 Å². The summed E-state index contributed by atoms with van der Waals surface area (Å²) >= 11 is -0.564. The Balaban J connectivity index is 2.29. The van der Waals surface area contributed by atoms with Gasteiger partial charge >= 0.3 is 123 Å². The second kappa shape index (κ2) is 7.80. The maximum atomic E-state index is 5.87. The van der Waals surface area contributed by atoms with Gasteiger partial charge in [-0.15, -0.1) is 0 Å². The van der Waals surface area contributed by atoms with E-state index in [9.17, 15) is 0 Å². The summed E-state index contributed by atoms with van der Waals surface area (Å²) in [5.74, 6) is 0. The van der Waals surface area contributed by atoms with Crippen LogP contribution in [0.15, 0.2) is 0 Å². The van der Waals surface area contributed by atoms with E-state index in [-0.39, 0.29) is 24.4 Å². The molecule has 4 unspecified atom stereocenters. The van der Waals surface area contributed by atoms with E-state index in [2.05, 4.69) is 20.8 Å². The Hall–Kier alpha value is 1.47. The SMILES string of the molecule is CC(CC(C)[O][Po]1[O]C(C)CC(C)[O]1)OI. The van der Waals surface area contributed by atoms with Crippen molar-refractivity contribution < 1.29 is 11.4 Å². The van der Waals surface area contributed by atoms with E-state index in [0.717, 1.165) is 12.8 Å². The number of halogens is 1. The topological polar surface area (TPSA) is 36.9 Å². The first-order valence-electron chi connectivity index (χ1n) is 5.54. The minimum atomic E-state index is -2.49. The minimum absolute atomic E-state index is 0.149. The van der Waals surface area contributed by atoms with Gasteiger partial charge in [-0.1, -0.05) is 0 Å². The van der Waals surface area contributed by atoms with Crippen molar-refractivity contribution in [3.05, 3.63) is 0 Å². The molecule has 6 heteroatoms. The quantitative estimate of drug-likeness (QED) is 0.504. The van der Waals surface area contributed by atoms with Crippen LogP contribution in [0.3, 0.4) is 0 Å². The third kappa shape index (κ3) is 5.88. The Morgan fingerprint density at radius 3 is 2.31 bits per heavy atom. The van der Waals surface area contributed by atoms with Crippen molar-refractivity contribution in [2.24, 2.45) is 0 Å². The molecule has 1 saturated heterocycles. The summed E-state index contributed by atoms with van der Waals surface area (Å²) in [5.41, 5.74) is 0. The van der Waals surface area contributed by atoms with Gasteiger partial charge in [-0.2, -0.15) is 0 Å². The van der Waals surface area contributed by atoms with Gasteiger partial charge in [0.1, 0.15) is 0 Å². The van der Waals surface area contributed by atoms with Gasteiger partial charge in [0.15, 0.2) is 0 Å². The molecule has 0 amide bonds. The zero-order chi connectivity index (χ0) is 12.1. The molecular weight excluding hydrogens is 520 g/mol. The summed E-state index contributed by atoms with van der Waals surface area (Å²) in [7, 11) is 0. The zero-order valence-corrected chi connectivity index (χ0v) is 15.5. The first kappa shape index (κ1) is 15.5. The van der Waals surface area contributed by atoms with Gasteiger partial charge in [-0.25, -0.2) is 0 Å². The first-order valence-corrected chi connectivity index (χ1v) is 10.3. The standard InChI is InChI=1S/C5H10IO2.C5H10O2.Po/c1-4(7)3-5(2)8-6;1-4(6)3-5(2)7;/h4-5H,3H2,1-2H3;4-5H,3H2,1-2H3;/q-1;-2;+3. The molecule has 1 rings (SSSR count). The van der Waals surface area contributed by atoms with Gasteiger partial charge < -0.3 is 0 Å². The van der Waals surface area contributed by atoms with Crippen molar-refractivity contribution >= 4 is 46.4 Å². The van der Waals surface area contributed by atoms with Gasteiger partial charge in [0.25, 0.3) is 0 Å². The Bertz CT molecular complexity index is 197. The van der Waals surface area contributed by atoms with Crippen LogP contribution in [0.4, 0.5) is 0 Å².